The summed E-state index contributed by atoms with van der Waals surface area (Å²) in [6.07, 6.45) is 0.473. The van der Waals surface area contributed by atoms with Crippen LogP contribution in [0.1, 0.15) is 54.9 Å². The van der Waals surface area contributed by atoms with Crippen molar-refractivity contribution in [1.29, 1.82) is 0 Å². The van der Waals surface area contributed by atoms with E-state index in [1.807, 2.05) is 58.9 Å². The molecule has 0 spiro atoms. The van der Waals surface area contributed by atoms with Gasteiger partial charge in [0.25, 0.3) is 0 Å². The second kappa shape index (κ2) is 9.16. The van der Waals surface area contributed by atoms with Crippen LogP contribution in [0.3, 0.4) is 0 Å². The van der Waals surface area contributed by atoms with Crippen molar-refractivity contribution < 1.29 is 14.3 Å². The summed E-state index contributed by atoms with van der Waals surface area (Å²) in [6.45, 7) is 16.5. The van der Waals surface area contributed by atoms with Crippen LogP contribution in [0.15, 0.2) is 24.3 Å². The van der Waals surface area contributed by atoms with E-state index in [0.717, 1.165) is 30.9 Å². The first-order chi connectivity index (χ1) is 13.7. The third kappa shape index (κ3) is 7.49. The van der Waals surface area contributed by atoms with Crippen LogP contribution in [-0.2, 0) is 9.53 Å². The molecular formula is C23H36BrN3O3. The molecular weight excluding hydrogens is 446 g/mol. The number of piperazine rings is 1. The first-order valence-corrected chi connectivity index (χ1v) is 11.3. The number of hydrogen-bond donors (Lipinski definition) is 1. The topological polar surface area (TPSA) is 61.9 Å². The van der Waals surface area contributed by atoms with Crippen LogP contribution in [0.5, 0.6) is 0 Å². The summed E-state index contributed by atoms with van der Waals surface area (Å²) in [7, 11) is 0. The van der Waals surface area contributed by atoms with Crippen LogP contribution in [0.2, 0.25) is 0 Å². The van der Waals surface area contributed by atoms with E-state index >= 15 is 0 Å². The molecule has 2 rings (SSSR count). The molecule has 1 saturated heterocycles. The van der Waals surface area contributed by atoms with E-state index < -0.39 is 11.0 Å². The quantitative estimate of drug-likeness (QED) is 0.581. The maximum absolute atomic E-state index is 12.7. The minimum atomic E-state index is -0.482. The van der Waals surface area contributed by atoms with Crippen molar-refractivity contribution in [3.05, 3.63) is 24.3 Å². The molecule has 1 aromatic carbocycles. The van der Waals surface area contributed by atoms with Crippen LogP contribution >= 0.6 is 15.9 Å². The number of carbonyl (C=O) groups is 2. The summed E-state index contributed by atoms with van der Waals surface area (Å²) in [5.74, 6) is 0.00810. The number of ether oxygens (including phenoxy) is 1. The SMILES string of the molecule is CC(C)(Br)CC(C)(C)C(=O)Nc1ccc(N2CCN(C(=O)OC(C)(C)C)CC2)cc1. The summed E-state index contributed by atoms with van der Waals surface area (Å²) < 4.78 is 5.36. The fourth-order valence-electron chi connectivity index (χ4n) is 3.66. The van der Waals surface area contributed by atoms with E-state index in [-0.39, 0.29) is 16.3 Å². The minimum absolute atomic E-state index is 0.00810. The largest absolute Gasteiger partial charge is 0.444 e. The summed E-state index contributed by atoms with van der Waals surface area (Å²) in [5.41, 5.74) is 0.908. The van der Waals surface area contributed by atoms with Gasteiger partial charge in [-0.2, -0.15) is 0 Å². The number of halogens is 1. The third-order valence-corrected chi connectivity index (χ3v) is 5.18. The predicted octanol–water partition coefficient (Wildman–Crippen LogP) is 5.27. The normalized spacial score (nSPS) is 15.7. The highest BCUT2D eigenvalue weighted by Gasteiger charge is 2.33. The summed E-state index contributed by atoms with van der Waals surface area (Å²) in [6, 6.07) is 7.89. The Morgan fingerprint density at radius 3 is 1.97 bits per heavy atom. The van der Waals surface area contributed by atoms with Crippen molar-refractivity contribution >= 4 is 39.3 Å². The van der Waals surface area contributed by atoms with Crippen molar-refractivity contribution in [2.24, 2.45) is 5.41 Å². The number of anilines is 2. The molecule has 168 valence electrons. The van der Waals surface area contributed by atoms with E-state index in [4.69, 9.17) is 4.74 Å². The van der Waals surface area contributed by atoms with Crippen LogP contribution in [-0.4, -0.2) is 53.0 Å². The summed E-state index contributed by atoms with van der Waals surface area (Å²) >= 11 is 3.63. The molecule has 1 aliphatic heterocycles. The second-order valence-corrected chi connectivity index (χ2v) is 12.4. The van der Waals surface area contributed by atoms with Gasteiger partial charge in [-0.15, -0.1) is 0 Å². The first-order valence-electron chi connectivity index (χ1n) is 10.5. The Morgan fingerprint density at radius 1 is 0.967 bits per heavy atom. The van der Waals surface area contributed by atoms with Gasteiger partial charge in [0.1, 0.15) is 5.60 Å². The zero-order valence-electron chi connectivity index (χ0n) is 19.3. The van der Waals surface area contributed by atoms with E-state index in [1.165, 1.54) is 0 Å². The lowest BCUT2D eigenvalue weighted by molar-refractivity contribution is -0.124. The molecule has 0 unspecified atom stereocenters. The highest BCUT2D eigenvalue weighted by atomic mass is 79.9. The average Bonchev–Trinajstić information content (AvgIpc) is 2.59. The van der Waals surface area contributed by atoms with Gasteiger partial charge in [-0.05, 0) is 51.5 Å². The standard InChI is InChI=1S/C23H36BrN3O3/c1-21(2,3)30-20(29)27-14-12-26(13-15-27)18-10-8-17(9-11-18)25-19(28)22(4,5)16-23(6,7)24/h8-11H,12-16H2,1-7H3,(H,25,28). The van der Waals surface area contributed by atoms with Crippen molar-refractivity contribution in [2.75, 3.05) is 36.4 Å². The first kappa shape index (κ1) is 24.5. The van der Waals surface area contributed by atoms with E-state index in [9.17, 15) is 9.59 Å². The van der Waals surface area contributed by atoms with Gasteiger partial charge in [0.15, 0.2) is 0 Å². The smallest absolute Gasteiger partial charge is 0.410 e. The fraction of sp³-hybridized carbons (Fsp3) is 0.652. The monoisotopic (exact) mass is 481 g/mol. The molecule has 6 nitrogen and oxygen atoms in total. The molecule has 1 N–H and O–H groups in total. The lowest BCUT2D eigenvalue weighted by Gasteiger charge is -2.36. The number of benzene rings is 1. The van der Waals surface area contributed by atoms with Crippen LogP contribution in [0, 0.1) is 5.41 Å². The molecule has 0 aromatic heterocycles. The zero-order valence-corrected chi connectivity index (χ0v) is 20.9. The highest BCUT2D eigenvalue weighted by molar-refractivity contribution is 9.10. The van der Waals surface area contributed by atoms with Gasteiger partial charge in [-0.3, -0.25) is 4.79 Å². The van der Waals surface area contributed by atoms with E-state index in [2.05, 4.69) is 40.0 Å². The van der Waals surface area contributed by atoms with E-state index in [1.54, 1.807) is 4.90 Å². The van der Waals surface area contributed by atoms with Crippen LogP contribution in [0.25, 0.3) is 0 Å². The molecule has 0 bridgehead atoms. The minimum Gasteiger partial charge on any atom is -0.444 e. The van der Waals surface area contributed by atoms with Crippen molar-refractivity contribution in [3.63, 3.8) is 0 Å². The Kier molecular flexibility index (Phi) is 7.49. The number of carbonyl (C=O) groups excluding carboxylic acids is 2. The molecule has 1 aliphatic rings. The summed E-state index contributed by atoms with van der Waals surface area (Å²) in [5, 5.41) is 3.03. The molecule has 0 atom stereocenters. The average molecular weight is 482 g/mol. The van der Waals surface area contributed by atoms with Crippen LogP contribution in [0.4, 0.5) is 16.2 Å². The van der Waals surface area contributed by atoms with Gasteiger partial charge in [-0.25, -0.2) is 4.79 Å². The van der Waals surface area contributed by atoms with Crippen molar-refractivity contribution in [2.45, 2.75) is 64.8 Å². The Labute approximate surface area is 189 Å². The molecule has 7 heteroatoms. The lowest BCUT2D eigenvalue weighted by atomic mass is 9.83. The van der Waals surface area contributed by atoms with Gasteiger partial charge in [0, 0.05) is 47.3 Å². The zero-order chi connectivity index (χ0) is 22.7. The summed E-state index contributed by atoms with van der Waals surface area (Å²) in [4.78, 5) is 28.9. The number of nitrogens with zero attached hydrogens (tertiary/aromatic N) is 2. The van der Waals surface area contributed by atoms with Gasteiger partial charge in [0.05, 0.1) is 0 Å². The number of alkyl halides is 1. The Hall–Kier alpha value is -1.76. The molecule has 0 saturated carbocycles. The fourth-order valence-corrected chi connectivity index (χ4v) is 4.36. The highest BCUT2D eigenvalue weighted by Crippen LogP contribution is 2.34. The molecule has 1 fully saturated rings. The molecule has 1 aromatic rings. The molecule has 1 heterocycles. The number of nitrogens with one attached hydrogen (secondary N) is 1. The predicted molar refractivity (Wildman–Crippen MR) is 126 cm³/mol. The molecule has 30 heavy (non-hydrogen) atoms. The van der Waals surface area contributed by atoms with Gasteiger partial charge in [-0.1, -0.05) is 43.6 Å². The Bertz CT molecular complexity index is 740. The molecule has 2 amide bonds. The van der Waals surface area contributed by atoms with Gasteiger partial charge in [0.2, 0.25) is 5.91 Å². The maximum atomic E-state index is 12.7. The Morgan fingerprint density at radius 2 is 1.50 bits per heavy atom. The second-order valence-electron chi connectivity index (χ2n) is 10.2. The van der Waals surface area contributed by atoms with Crippen LogP contribution < -0.4 is 10.2 Å². The number of rotatable bonds is 5. The molecule has 0 radical (unpaired) electrons. The number of hydrogen-bond acceptors (Lipinski definition) is 4. The Balaban J connectivity index is 1.91. The molecule has 0 aliphatic carbocycles. The van der Waals surface area contributed by atoms with Crippen molar-refractivity contribution in [1.82, 2.24) is 4.90 Å². The maximum Gasteiger partial charge on any atom is 0.410 e. The van der Waals surface area contributed by atoms with Crippen molar-refractivity contribution in [3.8, 4) is 0 Å². The number of amides is 2. The third-order valence-electron chi connectivity index (χ3n) is 4.90. The van der Waals surface area contributed by atoms with E-state index in [0.29, 0.717) is 13.1 Å². The van der Waals surface area contributed by atoms with Gasteiger partial charge >= 0.3 is 6.09 Å². The van der Waals surface area contributed by atoms with Gasteiger partial charge < -0.3 is 19.9 Å². The lowest BCUT2D eigenvalue weighted by Crippen LogP contribution is -2.50.